The van der Waals surface area contributed by atoms with Gasteiger partial charge in [-0.2, -0.15) is 0 Å². The number of carbonyl (C=O) groups excluding carboxylic acids is 1. The fourth-order valence-corrected chi connectivity index (χ4v) is 2.46. The van der Waals surface area contributed by atoms with Gasteiger partial charge in [0, 0.05) is 31.6 Å². The van der Waals surface area contributed by atoms with E-state index in [1.54, 1.807) is 0 Å². The third kappa shape index (κ3) is 3.68. The van der Waals surface area contributed by atoms with Crippen molar-refractivity contribution in [1.82, 2.24) is 9.80 Å². The first-order valence-corrected chi connectivity index (χ1v) is 6.59. The third-order valence-electron chi connectivity index (χ3n) is 3.73. The lowest BCUT2D eigenvalue weighted by Gasteiger charge is -2.41. The Morgan fingerprint density at radius 1 is 1.41 bits per heavy atom. The molecule has 0 bridgehead atoms. The predicted octanol–water partition coefficient (Wildman–Crippen LogP) is 0.948. The average molecular weight is 242 g/mol. The summed E-state index contributed by atoms with van der Waals surface area (Å²) in [7, 11) is 0. The largest absolute Gasteiger partial charge is 0.392 e. The Labute approximate surface area is 105 Å². The molecule has 1 N–H and O–H groups in total. The number of amides is 1. The molecule has 0 aromatic heterocycles. The third-order valence-corrected chi connectivity index (χ3v) is 3.73. The predicted molar refractivity (Wildman–Crippen MR) is 68.8 cm³/mol. The number of likely N-dealkylation sites (tertiary alicyclic amines) is 1. The van der Waals surface area contributed by atoms with Crippen molar-refractivity contribution in [3.05, 3.63) is 0 Å². The van der Waals surface area contributed by atoms with E-state index < -0.39 is 0 Å². The van der Waals surface area contributed by atoms with E-state index in [0.717, 1.165) is 32.6 Å². The van der Waals surface area contributed by atoms with Crippen molar-refractivity contribution in [2.45, 2.75) is 40.2 Å². The number of hydrogen-bond donors (Lipinski definition) is 1. The first-order valence-electron chi connectivity index (χ1n) is 6.59. The van der Waals surface area contributed by atoms with Crippen LogP contribution in [0.1, 0.15) is 34.1 Å². The first-order chi connectivity index (χ1) is 7.90. The van der Waals surface area contributed by atoms with Gasteiger partial charge in [-0.1, -0.05) is 13.8 Å². The summed E-state index contributed by atoms with van der Waals surface area (Å²) in [6.45, 7) is 11.8. The second-order valence-electron chi connectivity index (χ2n) is 5.57. The molecule has 1 aliphatic heterocycles. The van der Waals surface area contributed by atoms with Gasteiger partial charge in [-0.05, 0) is 20.3 Å². The summed E-state index contributed by atoms with van der Waals surface area (Å²) >= 11 is 0. The van der Waals surface area contributed by atoms with Gasteiger partial charge in [-0.3, -0.25) is 9.69 Å². The zero-order chi connectivity index (χ0) is 13.1. The van der Waals surface area contributed by atoms with Crippen LogP contribution < -0.4 is 0 Å². The Hall–Kier alpha value is -0.610. The van der Waals surface area contributed by atoms with Crippen molar-refractivity contribution >= 4 is 5.91 Å². The maximum Gasteiger partial charge on any atom is 0.236 e. The van der Waals surface area contributed by atoms with Crippen LogP contribution in [-0.2, 0) is 4.79 Å². The first kappa shape index (κ1) is 14.5. The van der Waals surface area contributed by atoms with Crippen LogP contribution in [0.25, 0.3) is 0 Å². The van der Waals surface area contributed by atoms with Crippen LogP contribution in [0.4, 0.5) is 0 Å². The van der Waals surface area contributed by atoms with E-state index in [2.05, 4.69) is 18.7 Å². The smallest absolute Gasteiger partial charge is 0.236 e. The topological polar surface area (TPSA) is 43.8 Å². The molecule has 0 aromatic rings. The van der Waals surface area contributed by atoms with Crippen LogP contribution in [0.2, 0.25) is 0 Å². The molecular weight excluding hydrogens is 216 g/mol. The highest BCUT2D eigenvalue weighted by Crippen LogP contribution is 2.28. The van der Waals surface area contributed by atoms with E-state index in [1.807, 2.05) is 18.7 Å². The van der Waals surface area contributed by atoms with Crippen LogP contribution in [0, 0.1) is 5.41 Å². The molecule has 100 valence electrons. The van der Waals surface area contributed by atoms with Crippen molar-refractivity contribution in [3.63, 3.8) is 0 Å². The zero-order valence-corrected chi connectivity index (χ0v) is 11.6. The van der Waals surface area contributed by atoms with Gasteiger partial charge in [0.1, 0.15) is 0 Å². The SMILES string of the molecule is CCN(CC)C(=O)CN1CCC(O)C(C)(C)C1. The average Bonchev–Trinajstić information content (AvgIpc) is 2.25. The maximum atomic E-state index is 12.0. The quantitative estimate of drug-likeness (QED) is 0.798. The molecule has 1 aliphatic rings. The lowest BCUT2D eigenvalue weighted by Crippen LogP contribution is -2.51. The lowest BCUT2D eigenvalue weighted by molar-refractivity contribution is -0.133. The molecule has 1 heterocycles. The van der Waals surface area contributed by atoms with E-state index >= 15 is 0 Å². The van der Waals surface area contributed by atoms with Crippen LogP contribution >= 0.6 is 0 Å². The van der Waals surface area contributed by atoms with Crippen molar-refractivity contribution in [2.75, 3.05) is 32.7 Å². The van der Waals surface area contributed by atoms with E-state index in [0.29, 0.717) is 6.54 Å². The number of rotatable bonds is 4. The Bertz CT molecular complexity index is 262. The summed E-state index contributed by atoms with van der Waals surface area (Å²) in [6.07, 6.45) is 0.515. The van der Waals surface area contributed by atoms with Crippen molar-refractivity contribution in [3.8, 4) is 0 Å². The summed E-state index contributed by atoms with van der Waals surface area (Å²) < 4.78 is 0. The number of nitrogens with zero attached hydrogens (tertiary/aromatic N) is 2. The summed E-state index contributed by atoms with van der Waals surface area (Å²) in [4.78, 5) is 16.0. The van der Waals surface area contributed by atoms with Gasteiger partial charge < -0.3 is 10.0 Å². The summed E-state index contributed by atoms with van der Waals surface area (Å²) in [5.74, 6) is 0.196. The Kier molecular flexibility index (Phi) is 4.95. The van der Waals surface area contributed by atoms with Gasteiger partial charge in [0.15, 0.2) is 0 Å². The monoisotopic (exact) mass is 242 g/mol. The highest BCUT2D eigenvalue weighted by Gasteiger charge is 2.35. The number of aliphatic hydroxyl groups excluding tert-OH is 1. The van der Waals surface area contributed by atoms with Crippen molar-refractivity contribution < 1.29 is 9.90 Å². The molecule has 1 atom stereocenters. The molecule has 0 aliphatic carbocycles. The molecule has 17 heavy (non-hydrogen) atoms. The van der Waals surface area contributed by atoms with E-state index in [-0.39, 0.29) is 17.4 Å². The van der Waals surface area contributed by atoms with Crippen molar-refractivity contribution in [1.29, 1.82) is 0 Å². The standard InChI is InChI=1S/C13H26N2O2/c1-5-15(6-2)12(17)9-14-8-7-11(16)13(3,4)10-14/h11,16H,5-10H2,1-4H3. The molecular formula is C13H26N2O2. The minimum Gasteiger partial charge on any atom is -0.392 e. The molecule has 4 heteroatoms. The number of aliphatic hydroxyl groups is 1. The zero-order valence-electron chi connectivity index (χ0n) is 11.6. The highest BCUT2D eigenvalue weighted by atomic mass is 16.3. The summed E-state index contributed by atoms with van der Waals surface area (Å²) in [5, 5.41) is 9.87. The molecule has 0 spiro atoms. The fourth-order valence-electron chi connectivity index (χ4n) is 2.46. The van der Waals surface area contributed by atoms with Crippen LogP contribution in [-0.4, -0.2) is 59.6 Å². The van der Waals surface area contributed by atoms with E-state index in [9.17, 15) is 9.90 Å². The number of piperidine rings is 1. The fraction of sp³-hybridized carbons (Fsp3) is 0.923. The van der Waals surface area contributed by atoms with Gasteiger partial charge >= 0.3 is 0 Å². The van der Waals surface area contributed by atoms with Gasteiger partial charge in [-0.15, -0.1) is 0 Å². The molecule has 1 rings (SSSR count). The molecule has 0 aromatic carbocycles. The maximum absolute atomic E-state index is 12.0. The Morgan fingerprint density at radius 2 is 2.00 bits per heavy atom. The Balaban J connectivity index is 2.50. The number of likely N-dealkylation sites (N-methyl/N-ethyl adjacent to an activating group) is 1. The molecule has 4 nitrogen and oxygen atoms in total. The van der Waals surface area contributed by atoms with Gasteiger partial charge in [-0.25, -0.2) is 0 Å². The molecule has 1 amide bonds. The van der Waals surface area contributed by atoms with Gasteiger partial charge in [0.25, 0.3) is 0 Å². The molecule has 1 fully saturated rings. The molecule has 1 saturated heterocycles. The van der Waals surface area contributed by atoms with Gasteiger partial charge in [0.05, 0.1) is 12.6 Å². The van der Waals surface area contributed by atoms with Crippen LogP contribution in [0.3, 0.4) is 0 Å². The number of carbonyl (C=O) groups is 1. The number of hydrogen-bond acceptors (Lipinski definition) is 3. The molecule has 0 saturated carbocycles. The van der Waals surface area contributed by atoms with Crippen molar-refractivity contribution in [2.24, 2.45) is 5.41 Å². The highest BCUT2D eigenvalue weighted by molar-refractivity contribution is 5.78. The molecule has 0 radical (unpaired) electrons. The normalized spacial score (nSPS) is 24.6. The second-order valence-corrected chi connectivity index (χ2v) is 5.57. The lowest BCUT2D eigenvalue weighted by atomic mass is 9.81. The van der Waals surface area contributed by atoms with Crippen LogP contribution in [0.5, 0.6) is 0 Å². The summed E-state index contributed by atoms with van der Waals surface area (Å²) in [6, 6.07) is 0. The van der Waals surface area contributed by atoms with Gasteiger partial charge in [0.2, 0.25) is 5.91 Å². The molecule has 1 unspecified atom stereocenters. The van der Waals surface area contributed by atoms with E-state index in [1.165, 1.54) is 0 Å². The second kappa shape index (κ2) is 5.83. The van der Waals surface area contributed by atoms with E-state index in [4.69, 9.17) is 0 Å². The minimum atomic E-state index is -0.248. The Morgan fingerprint density at radius 3 is 2.47 bits per heavy atom. The summed E-state index contributed by atoms with van der Waals surface area (Å²) in [5.41, 5.74) is -0.109. The van der Waals surface area contributed by atoms with Crippen LogP contribution in [0.15, 0.2) is 0 Å². The minimum absolute atomic E-state index is 0.109.